The van der Waals surface area contributed by atoms with Gasteiger partial charge in [0.2, 0.25) is 5.69 Å². The summed E-state index contributed by atoms with van der Waals surface area (Å²) < 4.78 is 43.3. The van der Waals surface area contributed by atoms with E-state index in [2.05, 4.69) is 18.2 Å². The van der Waals surface area contributed by atoms with Gasteiger partial charge in [-0.25, -0.2) is 4.57 Å². The topological polar surface area (TPSA) is 16.8 Å². The first kappa shape index (κ1) is 12.8. The molecule has 2 nitrogen and oxygen atoms in total. The third-order valence-electron chi connectivity index (χ3n) is 5.24. The summed E-state index contributed by atoms with van der Waals surface area (Å²) in [5, 5.41) is 0. The maximum Gasteiger partial charge on any atom is 0.213 e. The van der Waals surface area contributed by atoms with E-state index in [1.54, 1.807) is 26.1 Å². The third kappa shape index (κ3) is 3.07. The fraction of sp³-hybridized carbons (Fsp3) is 0.360. The highest BCUT2D eigenvalue weighted by atomic mass is 14.9. The molecule has 0 N–H and O–H groups in total. The molecule has 3 aromatic rings. The van der Waals surface area contributed by atoms with Crippen molar-refractivity contribution in [2.45, 2.75) is 47.3 Å². The molecular weight excluding hydrogens is 328 g/mol. The predicted molar refractivity (Wildman–Crippen MR) is 112 cm³/mol. The van der Waals surface area contributed by atoms with Crippen LogP contribution in [-0.2, 0) is 19.8 Å². The van der Waals surface area contributed by atoms with E-state index in [9.17, 15) is 0 Å². The lowest BCUT2D eigenvalue weighted by Crippen LogP contribution is -2.32. The molecular formula is C25H29N2+. The van der Waals surface area contributed by atoms with E-state index in [0.717, 1.165) is 44.9 Å². The number of rotatable bonds is 3. The Hall–Kier alpha value is -2.48. The van der Waals surface area contributed by atoms with Gasteiger partial charge in [-0.1, -0.05) is 32.0 Å². The Morgan fingerprint density at radius 1 is 1.15 bits per heavy atom. The molecule has 0 atom stereocenters. The number of pyridine rings is 2. The highest BCUT2D eigenvalue weighted by Crippen LogP contribution is 2.42. The van der Waals surface area contributed by atoms with Crippen LogP contribution in [0.25, 0.3) is 22.4 Å². The van der Waals surface area contributed by atoms with Crippen LogP contribution in [-0.4, -0.2) is 4.98 Å². The summed E-state index contributed by atoms with van der Waals surface area (Å²) in [6.45, 7) is 5.20. The van der Waals surface area contributed by atoms with E-state index in [1.165, 1.54) is 0 Å². The van der Waals surface area contributed by atoms with E-state index >= 15 is 0 Å². The Balaban J connectivity index is 2.00. The quantitative estimate of drug-likeness (QED) is 0.454. The van der Waals surface area contributed by atoms with Crippen LogP contribution < -0.4 is 4.57 Å². The predicted octanol–water partition coefficient (Wildman–Crippen LogP) is 5.27. The number of aryl methyl sites for hydroxylation is 4. The van der Waals surface area contributed by atoms with Gasteiger partial charge in [-0.05, 0) is 61.3 Å². The van der Waals surface area contributed by atoms with Crippen molar-refractivity contribution in [2.24, 2.45) is 13.0 Å². The molecule has 0 unspecified atom stereocenters. The van der Waals surface area contributed by atoms with Crippen LogP contribution in [0.2, 0.25) is 0 Å². The highest BCUT2D eigenvalue weighted by molar-refractivity contribution is 5.84. The van der Waals surface area contributed by atoms with Crippen molar-refractivity contribution in [2.75, 3.05) is 0 Å². The molecule has 0 saturated carbocycles. The molecule has 2 aromatic heterocycles. The Labute approximate surface area is 169 Å². The van der Waals surface area contributed by atoms with Gasteiger partial charge < -0.3 is 0 Å². The number of hydrogen-bond donors (Lipinski definition) is 0. The maximum atomic E-state index is 8.71. The first-order valence-electron chi connectivity index (χ1n) is 12.0. The second-order valence-corrected chi connectivity index (χ2v) is 7.80. The van der Waals surface area contributed by atoms with Gasteiger partial charge >= 0.3 is 0 Å². The van der Waals surface area contributed by atoms with Crippen LogP contribution in [0.3, 0.4) is 0 Å². The third-order valence-corrected chi connectivity index (χ3v) is 5.24. The van der Waals surface area contributed by atoms with Crippen molar-refractivity contribution >= 4 is 0 Å². The summed E-state index contributed by atoms with van der Waals surface area (Å²) in [6.07, 6.45) is 0.512. The molecule has 1 aromatic carbocycles. The number of hydrogen-bond acceptors (Lipinski definition) is 1. The standard InChI is InChI=1S/C25H29N2/c1-15(2)11-19-12-24(27(6)14-17(19)4)25-16(3)7-9-20-21-10-8-18(5)26-23(21)13-22(20)25/h7-10,12,14-15H,11,13H2,1-6H3/q+1/i4D3,11D2. The summed E-state index contributed by atoms with van der Waals surface area (Å²) in [7, 11) is 1.84. The van der Waals surface area contributed by atoms with Gasteiger partial charge in [0.15, 0.2) is 6.20 Å². The minimum atomic E-state index is -2.40. The van der Waals surface area contributed by atoms with Gasteiger partial charge in [-0.2, -0.15) is 0 Å². The van der Waals surface area contributed by atoms with Crippen molar-refractivity contribution in [3.63, 3.8) is 0 Å². The van der Waals surface area contributed by atoms with Crippen molar-refractivity contribution in [3.05, 3.63) is 70.2 Å². The largest absolute Gasteiger partial charge is 0.257 e. The summed E-state index contributed by atoms with van der Waals surface area (Å²) in [4.78, 5) is 4.74. The van der Waals surface area contributed by atoms with Gasteiger partial charge in [0.05, 0.1) is 11.3 Å². The molecule has 138 valence electrons. The van der Waals surface area contributed by atoms with E-state index in [4.69, 9.17) is 11.8 Å². The van der Waals surface area contributed by atoms with Crippen LogP contribution >= 0.6 is 0 Å². The Morgan fingerprint density at radius 2 is 1.93 bits per heavy atom. The number of aromatic nitrogens is 2. The molecule has 4 rings (SSSR count). The fourth-order valence-corrected chi connectivity index (χ4v) is 4.04. The smallest absolute Gasteiger partial charge is 0.213 e. The van der Waals surface area contributed by atoms with Crippen molar-refractivity contribution in [3.8, 4) is 22.4 Å². The van der Waals surface area contributed by atoms with Crippen LogP contribution in [0.4, 0.5) is 0 Å². The Morgan fingerprint density at radius 3 is 2.67 bits per heavy atom. The van der Waals surface area contributed by atoms with E-state index in [1.807, 2.05) is 31.5 Å². The monoisotopic (exact) mass is 362 g/mol. The molecule has 0 radical (unpaired) electrons. The fourth-order valence-electron chi connectivity index (χ4n) is 4.04. The van der Waals surface area contributed by atoms with Gasteiger partial charge in [-0.3, -0.25) is 4.98 Å². The molecule has 0 aliphatic heterocycles. The molecule has 2 heterocycles. The molecule has 0 bridgehead atoms. The summed E-state index contributed by atoms with van der Waals surface area (Å²) in [6, 6.07) is 10.1. The first-order valence-corrected chi connectivity index (χ1v) is 9.46. The van der Waals surface area contributed by atoms with Crippen LogP contribution in [0.15, 0.2) is 36.5 Å². The van der Waals surface area contributed by atoms with Crippen molar-refractivity contribution < 1.29 is 11.4 Å². The minimum Gasteiger partial charge on any atom is -0.257 e. The molecule has 1 aliphatic rings. The van der Waals surface area contributed by atoms with Gasteiger partial charge in [0.1, 0.15) is 7.05 Å². The van der Waals surface area contributed by atoms with Gasteiger partial charge in [0.25, 0.3) is 0 Å². The minimum absolute atomic E-state index is 0.0632. The summed E-state index contributed by atoms with van der Waals surface area (Å²) in [5.41, 5.74) is 8.67. The lowest BCUT2D eigenvalue weighted by Gasteiger charge is -2.14. The zero-order valence-electron chi connectivity index (χ0n) is 21.6. The number of benzene rings is 1. The van der Waals surface area contributed by atoms with Gasteiger partial charge in [0, 0.05) is 36.2 Å². The van der Waals surface area contributed by atoms with Crippen molar-refractivity contribution in [1.82, 2.24) is 4.98 Å². The van der Waals surface area contributed by atoms with Gasteiger partial charge in [-0.15, -0.1) is 0 Å². The van der Waals surface area contributed by atoms with Crippen molar-refractivity contribution in [1.29, 1.82) is 0 Å². The molecule has 0 spiro atoms. The second-order valence-electron chi connectivity index (χ2n) is 7.80. The zero-order chi connectivity index (χ0) is 23.6. The van der Waals surface area contributed by atoms with Crippen LogP contribution in [0, 0.1) is 26.6 Å². The summed E-state index contributed by atoms with van der Waals surface area (Å²) >= 11 is 0. The van der Waals surface area contributed by atoms with E-state index < -0.39 is 13.2 Å². The summed E-state index contributed by atoms with van der Waals surface area (Å²) in [5.74, 6) is -0.372. The average Bonchev–Trinajstić information content (AvgIpc) is 3.04. The SMILES string of the molecule is [2H]C([2H])([2H])c1c[n+](C)c(-c2c(C)ccc3c2Cc2nc(C)ccc2-3)cc1C([2H])([2H])C(C)C. The lowest BCUT2D eigenvalue weighted by molar-refractivity contribution is -0.660. The molecule has 0 amide bonds. The number of fused-ring (bicyclic) bond motifs is 3. The molecule has 2 heteroatoms. The molecule has 0 saturated heterocycles. The second kappa shape index (κ2) is 6.60. The lowest BCUT2D eigenvalue weighted by atomic mass is 9.91. The molecule has 0 fully saturated rings. The van der Waals surface area contributed by atoms with E-state index in [0.29, 0.717) is 6.42 Å². The van der Waals surface area contributed by atoms with E-state index in [-0.39, 0.29) is 17.0 Å². The Bertz CT molecular complexity index is 1230. The average molecular weight is 363 g/mol. The zero-order valence-corrected chi connectivity index (χ0v) is 16.6. The van der Waals surface area contributed by atoms with Crippen LogP contribution in [0.1, 0.15) is 54.3 Å². The highest BCUT2D eigenvalue weighted by Gasteiger charge is 2.27. The Kier molecular flexibility index (Phi) is 3.13. The first-order chi connectivity index (χ1) is 14.8. The maximum absolute atomic E-state index is 8.71. The molecule has 27 heavy (non-hydrogen) atoms. The number of nitrogens with zero attached hydrogens (tertiary/aromatic N) is 2. The molecule has 1 aliphatic carbocycles. The normalized spacial score (nSPS) is 16.1. The van der Waals surface area contributed by atoms with Crippen LogP contribution in [0.5, 0.6) is 0 Å².